The molecule has 0 fully saturated rings. The third-order valence-electron chi connectivity index (χ3n) is 1.22. The first-order chi connectivity index (χ1) is 5.24. The van der Waals surface area contributed by atoms with E-state index in [1.807, 2.05) is 0 Å². The van der Waals surface area contributed by atoms with Crippen molar-refractivity contribution in [3.8, 4) is 0 Å². The van der Waals surface area contributed by atoms with Crippen LogP contribution in [0.2, 0.25) is 0 Å². The normalized spacial score (nSPS) is 10.5. The lowest BCUT2D eigenvalue weighted by molar-refractivity contribution is 0.151. The highest BCUT2D eigenvalue weighted by Gasteiger charge is 2.06. The van der Waals surface area contributed by atoms with Gasteiger partial charge in [0, 0.05) is 23.8 Å². The summed E-state index contributed by atoms with van der Waals surface area (Å²) < 4.78 is 24.0. The molecule has 0 aliphatic carbocycles. The lowest BCUT2D eigenvalue weighted by Gasteiger charge is -1.99. The molecule has 0 spiro atoms. The summed E-state index contributed by atoms with van der Waals surface area (Å²) in [6.45, 7) is 0. The van der Waals surface area contributed by atoms with Gasteiger partial charge >= 0.3 is 0 Å². The minimum Gasteiger partial charge on any atom is -0.264 e. The molecule has 1 heterocycles. The van der Waals surface area contributed by atoms with Crippen LogP contribution < -0.4 is 0 Å². The molecule has 0 radical (unpaired) electrons. The molecule has 0 aliphatic rings. The number of halogens is 3. The van der Waals surface area contributed by atoms with E-state index in [0.717, 1.165) is 6.20 Å². The highest BCUT2D eigenvalue weighted by molar-refractivity contribution is 6.17. The average Bonchev–Trinajstić information content (AvgIpc) is 2.05. The molecule has 0 amide bonds. The quantitative estimate of drug-likeness (QED) is 0.633. The topological polar surface area (TPSA) is 12.9 Å². The number of pyridine rings is 1. The van der Waals surface area contributed by atoms with Crippen LogP contribution in [0.3, 0.4) is 0 Å². The van der Waals surface area contributed by atoms with Crippen molar-refractivity contribution in [2.24, 2.45) is 0 Å². The third kappa shape index (κ3) is 2.12. The number of rotatable bonds is 2. The van der Waals surface area contributed by atoms with E-state index >= 15 is 0 Å². The summed E-state index contributed by atoms with van der Waals surface area (Å²) in [5, 5.41) is 0. The van der Waals surface area contributed by atoms with Crippen LogP contribution in [-0.4, -0.2) is 4.98 Å². The maximum absolute atomic E-state index is 12.0. The minimum atomic E-state index is -2.47. The zero-order chi connectivity index (χ0) is 8.27. The van der Waals surface area contributed by atoms with E-state index in [1.54, 1.807) is 0 Å². The standard InChI is InChI=1S/C7H6ClF2N/c8-2-5-1-6(7(9)10)4-11-3-5/h1,3-4,7H,2H2. The van der Waals surface area contributed by atoms with Crippen molar-refractivity contribution in [2.75, 3.05) is 0 Å². The molecule has 0 atom stereocenters. The Morgan fingerprint density at radius 2 is 2.18 bits per heavy atom. The van der Waals surface area contributed by atoms with Gasteiger partial charge in [-0.25, -0.2) is 8.78 Å². The fraction of sp³-hybridized carbons (Fsp3) is 0.286. The molecule has 60 valence electrons. The van der Waals surface area contributed by atoms with Crippen LogP contribution in [0.1, 0.15) is 17.6 Å². The van der Waals surface area contributed by atoms with E-state index in [4.69, 9.17) is 11.6 Å². The average molecular weight is 178 g/mol. The predicted octanol–water partition coefficient (Wildman–Crippen LogP) is 2.76. The molecule has 1 nitrogen and oxygen atoms in total. The molecule has 1 rings (SSSR count). The van der Waals surface area contributed by atoms with Gasteiger partial charge in [0.15, 0.2) is 0 Å². The maximum Gasteiger partial charge on any atom is 0.265 e. The van der Waals surface area contributed by atoms with Crippen LogP contribution >= 0.6 is 11.6 Å². The minimum absolute atomic E-state index is 0.0804. The fourth-order valence-corrected chi connectivity index (χ4v) is 0.846. The summed E-state index contributed by atoms with van der Waals surface area (Å²) in [4.78, 5) is 3.61. The molecular weight excluding hydrogens is 172 g/mol. The number of alkyl halides is 3. The number of aromatic nitrogens is 1. The van der Waals surface area contributed by atoms with Crippen LogP contribution in [0.25, 0.3) is 0 Å². The first-order valence-corrected chi connectivity index (χ1v) is 3.55. The van der Waals surface area contributed by atoms with Gasteiger partial charge in [0.25, 0.3) is 6.43 Å². The molecule has 11 heavy (non-hydrogen) atoms. The van der Waals surface area contributed by atoms with Gasteiger partial charge in [-0.05, 0) is 11.6 Å². The van der Waals surface area contributed by atoms with Crippen LogP contribution in [-0.2, 0) is 5.88 Å². The monoisotopic (exact) mass is 177 g/mol. The van der Waals surface area contributed by atoms with Gasteiger partial charge in [0.2, 0.25) is 0 Å². The Morgan fingerprint density at radius 3 is 2.73 bits per heavy atom. The Balaban J connectivity index is 2.91. The number of hydrogen-bond donors (Lipinski definition) is 0. The van der Waals surface area contributed by atoms with Crippen LogP contribution in [0, 0.1) is 0 Å². The van der Waals surface area contributed by atoms with Crippen molar-refractivity contribution in [3.63, 3.8) is 0 Å². The van der Waals surface area contributed by atoms with Crippen molar-refractivity contribution >= 4 is 11.6 Å². The molecule has 0 aromatic carbocycles. The Labute approximate surface area is 68.0 Å². The summed E-state index contributed by atoms with van der Waals surface area (Å²) in [5.41, 5.74) is 0.535. The predicted molar refractivity (Wildman–Crippen MR) is 38.8 cm³/mol. The van der Waals surface area contributed by atoms with E-state index in [0.29, 0.717) is 5.56 Å². The second-order valence-corrected chi connectivity index (χ2v) is 2.33. The van der Waals surface area contributed by atoms with Gasteiger partial charge in [0.05, 0.1) is 0 Å². The van der Waals surface area contributed by atoms with Crippen LogP contribution in [0.5, 0.6) is 0 Å². The third-order valence-corrected chi connectivity index (χ3v) is 1.53. The van der Waals surface area contributed by atoms with Crippen molar-refractivity contribution in [3.05, 3.63) is 29.6 Å². The smallest absolute Gasteiger partial charge is 0.264 e. The molecular formula is C7H6ClF2N. The molecule has 0 unspecified atom stereocenters. The van der Waals surface area contributed by atoms with Crippen LogP contribution in [0.4, 0.5) is 8.78 Å². The molecule has 0 N–H and O–H groups in total. The van der Waals surface area contributed by atoms with Gasteiger partial charge < -0.3 is 0 Å². The van der Waals surface area contributed by atoms with Gasteiger partial charge in [-0.2, -0.15) is 0 Å². The highest BCUT2D eigenvalue weighted by atomic mass is 35.5. The number of nitrogens with zero attached hydrogens (tertiary/aromatic N) is 1. The van der Waals surface area contributed by atoms with E-state index in [2.05, 4.69) is 4.98 Å². The van der Waals surface area contributed by atoms with E-state index < -0.39 is 6.43 Å². The number of hydrogen-bond acceptors (Lipinski definition) is 1. The zero-order valence-corrected chi connectivity index (χ0v) is 6.35. The summed E-state index contributed by atoms with van der Waals surface area (Å²) in [6.07, 6.45) is 0.144. The second-order valence-electron chi connectivity index (χ2n) is 2.06. The Morgan fingerprint density at radius 1 is 1.45 bits per heavy atom. The Bertz CT molecular complexity index is 240. The summed E-state index contributed by atoms with van der Waals surface area (Å²) in [7, 11) is 0. The maximum atomic E-state index is 12.0. The van der Waals surface area contributed by atoms with Crippen molar-refractivity contribution in [2.45, 2.75) is 12.3 Å². The SMILES string of the molecule is FC(F)c1cncc(CCl)c1. The first kappa shape index (κ1) is 8.40. The molecule has 0 aliphatic heterocycles. The highest BCUT2D eigenvalue weighted by Crippen LogP contribution is 2.18. The second kappa shape index (κ2) is 3.62. The molecule has 1 aromatic heterocycles. The molecule has 4 heteroatoms. The fourth-order valence-electron chi connectivity index (χ4n) is 0.700. The zero-order valence-electron chi connectivity index (χ0n) is 5.60. The van der Waals surface area contributed by atoms with Crippen molar-refractivity contribution in [1.82, 2.24) is 4.98 Å². The lowest BCUT2D eigenvalue weighted by atomic mass is 10.2. The van der Waals surface area contributed by atoms with E-state index in [9.17, 15) is 8.78 Å². The Hall–Kier alpha value is -0.700. The van der Waals surface area contributed by atoms with Crippen LogP contribution in [0.15, 0.2) is 18.5 Å². The van der Waals surface area contributed by atoms with Crippen molar-refractivity contribution in [1.29, 1.82) is 0 Å². The lowest BCUT2D eigenvalue weighted by Crippen LogP contribution is -1.88. The van der Waals surface area contributed by atoms with Gasteiger partial charge in [-0.15, -0.1) is 11.6 Å². The van der Waals surface area contributed by atoms with E-state index in [-0.39, 0.29) is 11.4 Å². The largest absolute Gasteiger partial charge is 0.265 e. The summed E-state index contributed by atoms with van der Waals surface area (Å²) in [6, 6.07) is 1.35. The molecule has 0 saturated heterocycles. The summed E-state index contributed by atoms with van der Waals surface area (Å²) in [5.74, 6) is 0.216. The Kier molecular flexibility index (Phi) is 2.76. The van der Waals surface area contributed by atoms with Gasteiger partial charge in [-0.3, -0.25) is 4.98 Å². The van der Waals surface area contributed by atoms with Gasteiger partial charge in [-0.1, -0.05) is 0 Å². The molecule has 0 saturated carbocycles. The van der Waals surface area contributed by atoms with Crippen molar-refractivity contribution < 1.29 is 8.78 Å². The molecule has 1 aromatic rings. The summed E-state index contributed by atoms with van der Waals surface area (Å²) >= 11 is 5.42. The van der Waals surface area contributed by atoms with E-state index in [1.165, 1.54) is 12.3 Å². The first-order valence-electron chi connectivity index (χ1n) is 3.02. The molecule has 0 bridgehead atoms. The van der Waals surface area contributed by atoms with Gasteiger partial charge in [0.1, 0.15) is 0 Å².